The maximum atomic E-state index is 13.1. The van der Waals surface area contributed by atoms with E-state index in [1.807, 2.05) is 24.3 Å². The molecule has 2 fully saturated rings. The number of hydrogen-bond donors (Lipinski definition) is 2. The predicted molar refractivity (Wildman–Crippen MR) is 124 cm³/mol. The molecule has 1 saturated heterocycles. The number of anilines is 2. The molecule has 1 heterocycles. The topological polar surface area (TPSA) is 81.8 Å². The van der Waals surface area contributed by atoms with Crippen LogP contribution in [0.5, 0.6) is 0 Å². The van der Waals surface area contributed by atoms with Crippen molar-refractivity contribution in [3.8, 4) is 0 Å². The van der Waals surface area contributed by atoms with E-state index in [2.05, 4.69) is 26.9 Å². The zero-order valence-corrected chi connectivity index (χ0v) is 19.4. The van der Waals surface area contributed by atoms with Crippen LogP contribution in [0.2, 0.25) is 10.0 Å². The van der Waals surface area contributed by atoms with Gasteiger partial charge in [-0.25, -0.2) is 13.1 Å². The lowest BCUT2D eigenvalue weighted by Gasteiger charge is -2.35. The highest BCUT2D eigenvalue weighted by atomic mass is 35.5. The van der Waals surface area contributed by atoms with Gasteiger partial charge in [0.25, 0.3) is 5.91 Å². The van der Waals surface area contributed by atoms with Crippen molar-refractivity contribution >= 4 is 50.5 Å². The van der Waals surface area contributed by atoms with Crippen LogP contribution in [-0.2, 0) is 10.0 Å². The number of benzene rings is 2. The van der Waals surface area contributed by atoms with E-state index in [-0.39, 0.29) is 26.5 Å². The van der Waals surface area contributed by atoms with E-state index < -0.39 is 15.9 Å². The van der Waals surface area contributed by atoms with Crippen molar-refractivity contribution in [2.45, 2.75) is 23.8 Å². The maximum absolute atomic E-state index is 13.1. The highest BCUT2D eigenvalue weighted by Gasteiger charge is 2.30. The summed E-state index contributed by atoms with van der Waals surface area (Å²) in [5, 5.41) is 2.96. The Morgan fingerprint density at radius 3 is 2.39 bits per heavy atom. The highest BCUT2D eigenvalue weighted by Crippen LogP contribution is 2.32. The van der Waals surface area contributed by atoms with Gasteiger partial charge in [0.1, 0.15) is 4.90 Å². The monoisotopic (exact) mass is 482 g/mol. The third kappa shape index (κ3) is 5.15. The molecule has 1 saturated carbocycles. The van der Waals surface area contributed by atoms with Crippen molar-refractivity contribution in [2.24, 2.45) is 0 Å². The van der Waals surface area contributed by atoms with Crippen LogP contribution in [0.4, 0.5) is 11.4 Å². The number of rotatable bonds is 6. The summed E-state index contributed by atoms with van der Waals surface area (Å²) in [5.41, 5.74) is 1.61. The number of hydrogen-bond acceptors (Lipinski definition) is 5. The van der Waals surface area contributed by atoms with Gasteiger partial charge in [0.15, 0.2) is 0 Å². The Balaban J connectivity index is 1.60. The Bertz CT molecular complexity index is 1100. The molecule has 2 N–H and O–H groups in total. The Labute approximate surface area is 192 Å². The largest absolute Gasteiger partial charge is 0.367 e. The number of sulfonamides is 1. The van der Waals surface area contributed by atoms with Crippen LogP contribution in [-0.4, -0.2) is 58.5 Å². The first-order chi connectivity index (χ1) is 14.7. The van der Waals surface area contributed by atoms with Gasteiger partial charge in [-0.3, -0.25) is 4.79 Å². The summed E-state index contributed by atoms with van der Waals surface area (Å²) >= 11 is 12.4. The lowest BCUT2D eigenvalue weighted by Crippen LogP contribution is -2.44. The summed E-state index contributed by atoms with van der Waals surface area (Å²) in [5.74, 6) is -0.494. The molecule has 1 amide bonds. The van der Waals surface area contributed by atoms with Gasteiger partial charge >= 0.3 is 0 Å². The van der Waals surface area contributed by atoms with Crippen LogP contribution in [0.3, 0.4) is 0 Å². The van der Waals surface area contributed by atoms with E-state index in [0.717, 1.165) is 44.7 Å². The second kappa shape index (κ2) is 8.96. The quantitative estimate of drug-likeness (QED) is 0.658. The van der Waals surface area contributed by atoms with E-state index in [1.165, 1.54) is 12.1 Å². The van der Waals surface area contributed by atoms with Gasteiger partial charge in [-0.15, -0.1) is 0 Å². The van der Waals surface area contributed by atoms with E-state index in [9.17, 15) is 13.2 Å². The number of carbonyl (C=O) groups is 1. The molecule has 0 aromatic heterocycles. The Morgan fingerprint density at radius 1 is 1.03 bits per heavy atom. The van der Waals surface area contributed by atoms with Crippen molar-refractivity contribution in [1.29, 1.82) is 0 Å². The van der Waals surface area contributed by atoms with E-state index in [4.69, 9.17) is 23.2 Å². The minimum atomic E-state index is -3.84. The summed E-state index contributed by atoms with van der Waals surface area (Å²) in [6.45, 7) is 3.56. The van der Waals surface area contributed by atoms with Crippen molar-refractivity contribution in [1.82, 2.24) is 9.62 Å². The number of amides is 1. The normalized spacial score (nSPS) is 17.6. The van der Waals surface area contributed by atoms with E-state index >= 15 is 0 Å². The molecular formula is C21H24Cl2N4O3S. The fraction of sp³-hybridized carbons (Fsp3) is 0.381. The van der Waals surface area contributed by atoms with Crippen LogP contribution in [0, 0.1) is 0 Å². The smallest absolute Gasteiger partial charge is 0.257 e. The first-order valence-electron chi connectivity index (χ1n) is 10.1. The Hall–Kier alpha value is -1.84. The van der Waals surface area contributed by atoms with Gasteiger partial charge in [0.05, 0.1) is 27.0 Å². The predicted octanol–water partition coefficient (Wildman–Crippen LogP) is 3.44. The number of nitrogens with zero attached hydrogens (tertiary/aromatic N) is 2. The third-order valence-electron chi connectivity index (χ3n) is 5.45. The van der Waals surface area contributed by atoms with E-state index in [1.54, 1.807) is 0 Å². The van der Waals surface area contributed by atoms with E-state index in [0.29, 0.717) is 5.69 Å². The summed E-state index contributed by atoms with van der Waals surface area (Å²) in [7, 11) is -1.76. The van der Waals surface area contributed by atoms with Crippen molar-refractivity contribution in [3.05, 3.63) is 52.0 Å². The number of halogens is 2. The van der Waals surface area contributed by atoms with Crippen LogP contribution in [0.15, 0.2) is 41.3 Å². The SMILES string of the molecule is CN1CCN(c2ccccc2NC(=O)c2cc(S(=O)(=O)NC3CC3)c(Cl)cc2Cl)CC1. The minimum absolute atomic E-state index is 0.0208. The van der Waals surface area contributed by atoms with Gasteiger partial charge in [-0.05, 0) is 44.2 Å². The molecule has 0 radical (unpaired) electrons. The molecule has 2 aromatic carbocycles. The highest BCUT2D eigenvalue weighted by molar-refractivity contribution is 7.89. The average Bonchev–Trinajstić information content (AvgIpc) is 3.52. The molecule has 31 heavy (non-hydrogen) atoms. The second-order valence-corrected chi connectivity index (χ2v) is 10.4. The molecule has 10 heteroatoms. The van der Waals surface area contributed by atoms with Crippen LogP contribution in [0.25, 0.3) is 0 Å². The van der Waals surface area contributed by atoms with Crippen molar-refractivity contribution in [2.75, 3.05) is 43.4 Å². The second-order valence-electron chi connectivity index (χ2n) is 7.92. The molecule has 2 aliphatic rings. The van der Waals surface area contributed by atoms with Crippen LogP contribution < -0.4 is 14.9 Å². The zero-order valence-electron chi connectivity index (χ0n) is 17.1. The summed E-state index contributed by atoms with van der Waals surface area (Å²) in [6.07, 6.45) is 1.59. The molecule has 0 spiro atoms. The molecule has 2 aromatic rings. The number of piperazine rings is 1. The molecule has 7 nitrogen and oxygen atoms in total. The van der Waals surface area contributed by atoms with Gasteiger partial charge in [-0.1, -0.05) is 35.3 Å². The van der Waals surface area contributed by atoms with Crippen LogP contribution in [0.1, 0.15) is 23.2 Å². The van der Waals surface area contributed by atoms with Crippen LogP contribution >= 0.6 is 23.2 Å². The number of carbonyl (C=O) groups excluding carboxylic acids is 1. The molecule has 0 atom stereocenters. The maximum Gasteiger partial charge on any atom is 0.257 e. The zero-order chi connectivity index (χ0) is 22.2. The van der Waals surface area contributed by atoms with Gasteiger partial charge in [0, 0.05) is 32.2 Å². The van der Waals surface area contributed by atoms with Crippen molar-refractivity contribution in [3.63, 3.8) is 0 Å². The van der Waals surface area contributed by atoms with Gasteiger partial charge in [-0.2, -0.15) is 0 Å². The average molecular weight is 483 g/mol. The van der Waals surface area contributed by atoms with Crippen molar-refractivity contribution < 1.29 is 13.2 Å². The number of nitrogens with one attached hydrogen (secondary N) is 2. The number of likely N-dealkylation sites (N-methyl/N-ethyl adjacent to an activating group) is 1. The molecule has 0 unspecified atom stereocenters. The Morgan fingerprint density at radius 2 is 1.71 bits per heavy atom. The van der Waals surface area contributed by atoms with Gasteiger partial charge < -0.3 is 15.1 Å². The summed E-state index contributed by atoms with van der Waals surface area (Å²) in [6, 6.07) is 10.0. The van der Waals surface area contributed by atoms with Gasteiger partial charge in [0.2, 0.25) is 10.0 Å². The lowest BCUT2D eigenvalue weighted by atomic mass is 10.1. The molecule has 0 bridgehead atoms. The fourth-order valence-corrected chi connectivity index (χ4v) is 5.65. The summed E-state index contributed by atoms with van der Waals surface area (Å²) in [4.78, 5) is 17.4. The third-order valence-corrected chi connectivity index (χ3v) is 7.75. The first kappa shape index (κ1) is 22.4. The molecule has 1 aliphatic heterocycles. The summed E-state index contributed by atoms with van der Waals surface area (Å²) < 4.78 is 27.9. The Kier molecular flexibility index (Phi) is 6.46. The molecule has 1 aliphatic carbocycles. The standard InChI is InChI=1S/C21H24Cl2N4O3S/c1-26-8-10-27(11-9-26)19-5-3-2-4-18(19)24-21(28)15-12-20(17(23)13-16(15)22)31(29,30)25-14-6-7-14/h2-5,12-14,25H,6-11H2,1H3,(H,24,28). The fourth-order valence-electron chi connectivity index (χ4n) is 3.49. The molecule has 166 valence electrons. The molecular weight excluding hydrogens is 459 g/mol. The molecule has 4 rings (SSSR count). The lowest BCUT2D eigenvalue weighted by molar-refractivity contribution is 0.102. The minimum Gasteiger partial charge on any atom is -0.367 e. The first-order valence-corrected chi connectivity index (χ1v) is 12.3. The number of para-hydroxylation sites is 2.